The SMILES string of the molecule is CCOc1ccc2c(oc3c(O[C@@H]4C[C@H]5C(=O)N[C@]6(C(=O)NS(=O)(=O)C7CC7)C[C@H]6/C=C\CCCCC[C@H](NC(=O)OC(C)(C)C)C(=O)N5C4)c4cc(F)ccc4nc32)c1C. The summed E-state index contributed by atoms with van der Waals surface area (Å²) in [6.45, 7) is 9.16. The van der Waals surface area contributed by atoms with E-state index < -0.39 is 80.2 Å². The lowest BCUT2D eigenvalue weighted by Gasteiger charge is -2.30. The number of carbonyl (C=O) groups is 4. The number of hydrogen-bond donors (Lipinski definition) is 3. The molecule has 17 heteroatoms. The van der Waals surface area contributed by atoms with Gasteiger partial charge in [-0.25, -0.2) is 22.6 Å². The number of halogens is 1. The number of alkyl carbamates (subject to hydrolysis) is 1. The molecule has 0 radical (unpaired) electrons. The Morgan fingerprint density at radius 2 is 1.85 bits per heavy atom. The van der Waals surface area contributed by atoms with E-state index >= 15 is 0 Å². The lowest BCUT2D eigenvalue weighted by atomic mass is 10.0. The van der Waals surface area contributed by atoms with Crippen LogP contribution in [0.2, 0.25) is 0 Å². The smallest absolute Gasteiger partial charge is 0.408 e. The number of benzene rings is 2. The first-order valence-corrected chi connectivity index (χ1v) is 22.6. The molecule has 4 heterocycles. The number of hydrogen-bond acceptors (Lipinski definition) is 11. The summed E-state index contributed by atoms with van der Waals surface area (Å²) in [5, 5.41) is 5.92. The standard InChI is InChI=1S/C44H52FN5O10S/c1-6-57-34-19-17-29-35-38(59-36(29)24(34)2)37(30-20-26(45)14-18-31(30)46-35)58-27-21-33-39(51)48-44(41(53)49-61(55,56)28-15-16-28)22-25(44)12-10-8-7-9-11-13-32(40(52)50(33)23-27)47-42(54)60-43(3,4)5/h10,12,14,17-20,25,27-28,32-33H,6-9,11,13,15-16,21-23H2,1-5H3,(H,47,54)(H,48,51)(H,49,53)/b12-10-/t25-,27-,32+,33+,44-/m1/s1. The molecule has 326 valence electrons. The van der Waals surface area contributed by atoms with E-state index in [0.717, 1.165) is 18.4 Å². The van der Waals surface area contributed by atoms with Gasteiger partial charge < -0.3 is 34.2 Å². The quantitative estimate of drug-likeness (QED) is 0.170. The molecule has 3 N–H and O–H groups in total. The topological polar surface area (TPSA) is 195 Å². The summed E-state index contributed by atoms with van der Waals surface area (Å²) in [6.07, 6.45) is 6.00. The molecule has 3 fully saturated rings. The highest BCUT2D eigenvalue weighted by molar-refractivity contribution is 7.91. The second-order valence-electron chi connectivity index (χ2n) is 17.6. The van der Waals surface area contributed by atoms with E-state index in [-0.39, 0.29) is 37.1 Å². The van der Waals surface area contributed by atoms with E-state index in [1.807, 2.05) is 38.1 Å². The zero-order chi connectivity index (χ0) is 43.4. The number of pyridine rings is 1. The van der Waals surface area contributed by atoms with Gasteiger partial charge in [-0.2, -0.15) is 0 Å². The molecule has 0 bridgehead atoms. The molecule has 61 heavy (non-hydrogen) atoms. The number of ether oxygens (including phenoxy) is 3. The van der Waals surface area contributed by atoms with Gasteiger partial charge in [0.1, 0.15) is 52.0 Å². The fourth-order valence-corrected chi connectivity index (χ4v) is 9.82. The van der Waals surface area contributed by atoms with E-state index in [1.54, 1.807) is 20.8 Å². The summed E-state index contributed by atoms with van der Waals surface area (Å²) in [5.41, 5.74) is -0.0889. The number of aryl methyl sites for hydroxylation is 1. The second kappa shape index (κ2) is 16.1. The maximum absolute atomic E-state index is 15.0. The molecule has 0 spiro atoms. The molecule has 2 aromatic heterocycles. The number of allylic oxidation sites excluding steroid dienone is 1. The van der Waals surface area contributed by atoms with Crippen molar-refractivity contribution in [2.45, 2.75) is 127 Å². The Balaban J connectivity index is 1.18. The number of nitrogens with zero attached hydrogens (tertiary/aromatic N) is 2. The van der Waals surface area contributed by atoms with Crippen LogP contribution >= 0.6 is 0 Å². The van der Waals surface area contributed by atoms with Gasteiger partial charge in [0.25, 0.3) is 5.91 Å². The minimum absolute atomic E-state index is 0.0797. The van der Waals surface area contributed by atoms with Crippen LogP contribution in [0, 0.1) is 18.7 Å². The Bertz CT molecular complexity index is 2570. The van der Waals surface area contributed by atoms with Gasteiger partial charge in [0.05, 0.1) is 23.9 Å². The maximum Gasteiger partial charge on any atom is 0.408 e. The normalized spacial score (nSPS) is 25.5. The van der Waals surface area contributed by atoms with Gasteiger partial charge in [0.2, 0.25) is 21.8 Å². The third-order valence-electron chi connectivity index (χ3n) is 11.8. The molecule has 4 aromatic rings. The van der Waals surface area contributed by atoms with Crippen molar-refractivity contribution in [3.05, 3.63) is 53.9 Å². The van der Waals surface area contributed by atoms with Crippen LogP contribution in [0.25, 0.3) is 33.0 Å². The molecular formula is C44H52FN5O10S. The Labute approximate surface area is 353 Å². The van der Waals surface area contributed by atoms with Crippen LogP contribution in [0.1, 0.15) is 91.0 Å². The van der Waals surface area contributed by atoms with Crippen LogP contribution in [0.15, 0.2) is 46.9 Å². The van der Waals surface area contributed by atoms with Crippen LogP contribution in [-0.2, 0) is 29.1 Å². The van der Waals surface area contributed by atoms with Crippen molar-refractivity contribution in [1.29, 1.82) is 0 Å². The fraction of sp³-hybridized carbons (Fsp3) is 0.523. The number of sulfonamides is 1. The minimum atomic E-state index is -3.95. The predicted molar refractivity (Wildman–Crippen MR) is 224 cm³/mol. The number of aromatic nitrogens is 1. The molecule has 2 aliphatic carbocycles. The highest BCUT2D eigenvalue weighted by Gasteiger charge is 2.62. The largest absolute Gasteiger partial charge is 0.493 e. The molecule has 8 rings (SSSR count). The highest BCUT2D eigenvalue weighted by atomic mass is 32.2. The van der Waals surface area contributed by atoms with Crippen molar-refractivity contribution in [1.82, 2.24) is 25.2 Å². The first kappa shape index (κ1) is 42.2. The molecule has 2 aliphatic heterocycles. The van der Waals surface area contributed by atoms with Crippen molar-refractivity contribution in [3.63, 3.8) is 0 Å². The second-order valence-corrected chi connectivity index (χ2v) is 19.5. The molecule has 5 atom stereocenters. The average molecular weight is 862 g/mol. The van der Waals surface area contributed by atoms with Crippen LogP contribution in [0.5, 0.6) is 11.5 Å². The van der Waals surface area contributed by atoms with E-state index in [2.05, 4.69) is 15.4 Å². The molecule has 15 nitrogen and oxygen atoms in total. The van der Waals surface area contributed by atoms with Gasteiger partial charge in [-0.1, -0.05) is 25.0 Å². The summed E-state index contributed by atoms with van der Waals surface area (Å²) < 4.78 is 67.7. The lowest BCUT2D eigenvalue weighted by Crippen LogP contribution is -2.58. The molecule has 2 aromatic carbocycles. The molecule has 1 saturated heterocycles. The molecule has 4 amide bonds. The molecule has 2 saturated carbocycles. The van der Waals surface area contributed by atoms with Crippen molar-refractivity contribution >= 4 is 66.8 Å². The van der Waals surface area contributed by atoms with Gasteiger partial charge in [-0.15, -0.1) is 0 Å². The van der Waals surface area contributed by atoms with Crippen LogP contribution < -0.4 is 24.8 Å². The lowest BCUT2D eigenvalue weighted by molar-refractivity contribution is -0.141. The number of rotatable bonds is 8. The fourth-order valence-electron chi connectivity index (χ4n) is 8.45. The van der Waals surface area contributed by atoms with Crippen molar-refractivity contribution < 1.29 is 50.6 Å². The summed E-state index contributed by atoms with van der Waals surface area (Å²) in [7, 11) is -3.95. The third kappa shape index (κ3) is 8.57. The Hall–Kier alpha value is -5.45. The number of carbonyl (C=O) groups excluding carboxylic acids is 4. The Morgan fingerprint density at radius 1 is 1.07 bits per heavy atom. The van der Waals surface area contributed by atoms with E-state index in [1.165, 1.54) is 23.1 Å². The van der Waals surface area contributed by atoms with Crippen molar-refractivity contribution in [2.24, 2.45) is 5.92 Å². The van der Waals surface area contributed by atoms with Gasteiger partial charge in [0.15, 0.2) is 11.3 Å². The zero-order valence-corrected chi connectivity index (χ0v) is 35.8. The van der Waals surface area contributed by atoms with Gasteiger partial charge >= 0.3 is 6.09 Å². The number of nitrogens with one attached hydrogen (secondary N) is 3. The number of amides is 4. The van der Waals surface area contributed by atoms with Gasteiger partial charge in [-0.05, 0) is 103 Å². The first-order valence-electron chi connectivity index (χ1n) is 21.1. The van der Waals surface area contributed by atoms with Crippen LogP contribution in [-0.4, -0.2) is 89.8 Å². The summed E-state index contributed by atoms with van der Waals surface area (Å²) in [4.78, 5) is 62.6. The van der Waals surface area contributed by atoms with Gasteiger partial charge in [-0.3, -0.25) is 19.1 Å². The zero-order valence-electron chi connectivity index (χ0n) is 35.0. The summed E-state index contributed by atoms with van der Waals surface area (Å²) in [5.74, 6) is -2.34. The highest BCUT2D eigenvalue weighted by Crippen LogP contribution is 2.47. The van der Waals surface area contributed by atoms with Crippen molar-refractivity contribution in [3.8, 4) is 11.5 Å². The summed E-state index contributed by atoms with van der Waals surface area (Å²) >= 11 is 0. The van der Waals surface area contributed by atoms with Crippen molar-refractivity contribution in [2.75, 3.05) is 13.2 Å². The summed E-state index contributed by atoms with van der Waals surface area (Å²) in [6, 6.07) is 5.47. The number of furan rings is 1. The Kier molecular flexibility index (Phi) is 11.2. The van der Waals surface area contributed by atoms with E-state index in [4.69, 9.17) is 23.6 Å². The van der Waals surface area contributed by atoms with Gasteiger partial charge in [0, 0.05) is 28.7 Å². The van der Waals surface area contributed by atoms with E-state index in [0.29, 0.717) is 65.4 Å². The van der Waals surface area contributed by atoms with E-state index in [9.17, 15) is 32.0 Å². The minimum Gasteiger partial charge on any atom is -0.493 e. The number of fused-ring (bicyclic) bond motifs is 6. The predicted octanol–water partition coefficient (Wildman–Crippen LogP) is 6.23. The monoisotopic (exact) mass is 861 g/mol. The van der Waals surface area contributed by atoms with Crippen LogP contribution in [0.4, 0.5) is 9.18 Å². The third-order valence-corrected chi connectivity index (χ3v) is 13.6. The Morgan fingerprint density at radius 3 is 2.59 bits per heavy atom. The molecular weight excluding hydrogens is 810 g/mol. The first-order chi connectivity index (χ1) is 29.0. The molecule has 0 unspecified atom stereocenters. The maximum atomic E-state index is 15.0. The van der Waals surface area contributed by atoms with Crippen LogP contribution in [0.3, 0.4) is 0 Å². The molecule has 4 aliphatic rings. The average Bonchev–Trinajstić information content (AvgIpc) is 4.09.